The molecule has 0 unspecified atom stereocenters. The van der Waals surface area contributed by atoms with Crippen LogP contribution in [0.5, 0.6) is 0 Å². The Bertz CT molecular complexity index is 522. The molecule has 0 saturated carbocycles. The molecular formula is C11H7NO2S2. The third-order valence-corrected chi connectivity index (χ3v) is 4.85. The van der Waals surface area contributed by atoms with Gasteiger partial charge in [0, 0.05) is 9.79 Å². The zero-order chi connectivity index (χ0) is 11.1. The Balaban J connectivity index is 2.05. The van der Waals surface area contributed by atoms with E-state index in [9.17, 15) is 4.79 Å². The van der Waals surface area contributed by atoms with Crippen molar-refractivity contribution < 1.29 is 9.63 Å². The highest BCUT2D eigenvalue weighted by molar-refractivity contribution is 8.24. The predicted octanol–water partition coefficient (Wildman–Crippen LogP) is 3.03. The monoisotopic (exact) mass is 249 g/mol. The van der Waals surface area contributed by atoms with Crippen LogP contribution >= 0.6 is 23.5 Å². The van der Waals surface area contributed by atoms with E-state index in [1.54, 1.807) is 30.4 Å². The largest absolute Gasteiger partial charge is 0.369 e. The molecule has 0 bridgehead atoms. The van der Waals surface area contributed by atoms with Gasteiger partial charge in [-0.2, -0.15) is 0 Å². The Morgan fingerprint density at radius 2 is 1.81 bits per heavy atom. The SMILES string of the molecule is CC1=NOC(=O)C1=C1Sc2ccccc2S1. The average molecular weight is 249 g/mol. The van der Waals surface area contributed by atoms with E-state index >= 15 is 0 Å². The second-order valence-corrected chi connectivity index (χ2v) is 5.73. The summed E-state index contributed by atoms with van der Waals surface area (Å²) in [4.78, 5) is 18.5. The van der Waals surface area contributed by atoms with Crippen molar-refractivity contribution in [3.8, 4) is 0 Å². The number of carbonyl (C=O) groups excluding carboxylic acids is 1. The summed E-state index contributed by atoms with van der Waals surface area (Å²) in [5.74, 6) is -0.347. The standard InChI is InChI=1S/C11H7NO2S2/c1-6-9(10(13)14-12-6)11-15-7-4-2-3-5-8(7)16-11/h2-5H,1H3. The predicted molar refractivity (Wildman–Crippen MR) is 64.4 cm³/mol. The molecule has 0 atom stereocenters. The van der Waals surface area contributed by atoms with E-state index in [1.807, 2.05) is 24.3 Å². The first-order valence-corrected chi connectivity index (χ1v) is 6.34. The summed E-state index contributed by atoms with van der Waals surface area (Å²) < 4.78 is 0.963. The molecule has 0 radical (unpaired) electrons. The second kappa shape index (κ2) is 3.68. The van der Waals surface area contributed by atoms with Crippen LogP contribution < -0.4 is 0 Å². The van der Waals surface area contributed by atoms with Crippen LogP contribution in [0.25, 0.3) is 0 Å². The molecule has 1 aromatic rings. The van der Waals surface area contributed by atoms with Crippen LogP contribution in [0.15, 0.2) is 49.0 Å². The number of carbonyl (C=O) groups is 1. The van der Waals surface area contributed by atoms with E-state index in [1.165, 1.54) is 9.79 Å². The Morgan fingerprint density at radius 1 is 1.19 bits per heavy atom. The molecule has 3 nitrogen and oxygen atoms in total. The first-order chi connectivity index (χ1) is 7.75. The molecule has 0 amide bonds. The number of thioether (sulfide) groups is 2. The molecule has 0 saturated heterocycles. The fourth-order valence-electron chi connectivity index (χ4n) is 1.52. The van der Waals surface area contributed by atoms with Gasteiger partial charge in [0.2, 0.25) is 0 Å². The number of oxime groups is 1. The normalized spacial score (nSPS) is 18.6. The molecule has 1 aromatic carbocycles. The molecule has 0 aromatic heterocycles. The number of hydrogen-bond donors (Lipinski definition) is 0. The molecular weight excluding hydrogens is 242 g/mol. The molecule has 0 N–H and O–H groups in total. The summed E-state index contributed by atoms with van der Waals surface area (Å²) in [6.07, 6.45) is 0. The maximum atomic E-state index is 11.5. The molecule has 3 rings (SSSR count). The minimum Gasteiger partial charge on any atom is -0.312 e. The van der Waals surface area contributed by atoms with Crippen molar-refractivity contribution >= 4 is 35.2 Å². The Morgan fingerprint density at radius 3 is 2.31 bits per heavy atom. The first-order valence-electron chi connectivity index (χ1n) is 4.71. The topological polar surface area (TPSA) is 38.7 Å². The molecule has 2 heterocycles. The van der Waals surface area contributed by atoms with E-state index in [0.717, 1.165) is 4.24 Å². The molecule has 5 heteroatoms. The van der Waals surface area contributed by atoms with Crippen LogP contribution in [0.4, 0.5) is 0 Å². The third-order valence-electron chi connectivity index (χ3n) is 2.29. The van der Waals surface area contributed by atoms with Crippen LogP contribution in [0, 0.1) is 0 Å². The van der Waals surface area contributed by atoms with Gasteiger partial charge in [-0.05, 0) is 19.1 Å². The van der Waals surface area contributed by atoms with Gasteiger partial charge in [-0.1, -0.05) is 40.8 Å². The number of fused-ring (bicyclic) bond motifs is 1. The van der Waals surface area contributed by atoms with Gasteiger partial charge in [-0.3, -0.25) is 0 Å². The van der Waals surface area contributed by atoms with E-state index in [2.05, 4.69) is 9.99 Å². The van der Waals surface area contributed by atoms with Crippen molar-refractivity contribution in [1.82, 2.24) is 0 Å². The Hall–Kier alpha value is -1.20. The summed E-state index contributed by atoms with van der Waals surface area (Å²) in [5.41, 5.74) is 1.26. The van der Waals surface area contributed by atoms with Crippen LogP contribution in [0.2, 0.25) is 0 Å². The number of nitrogens with zero attached hydrogens (tertiary/aromatic N) is 1. The van der Waals surface area contributed by atoms with Gasteiger partial charge >= 0.3 is 5.97 Å². The van der Waals surface area contributed by atoms with Crippen LogP contribution in [0.1, 0.15) is 6.92 Å². The van der Waals surface area contributed by atoms with Crippen molar-refractivity contribution in [2.24, 2.45) is 5.16 Å². The molecule has 0 spiro atoms. The Kier molecular flexibility index (Phi) is 2.29. The summed E-state index contributed by atoms with van der Waals surface area (Å²) in [5, 5.41) is 3.69. The maximum absolute atomic E-state index is 11.5. The quantitative estimate of drug-likeness (QED) is 0.523. The highest BCUT2D eigenvalue weighted by Gasteiger charge is 2.30. The van der Waals surface area contributed by atoms with Crippen molar-refractivity contribution in [3.63, 3.8) is 0 Å². The van der Waals surface area contributed by atoms with Gasteiger partial charge in [0.05, 0.1) is 9.95 Å². The fourth-order valence-corrected chi connectivity index (χ4v) is 4.17. The maximum Gasteiger partial charge on any atom is 0.369 e. The smallest absolute Gasteiger partial charge is 0.312 e. The number of benzene rings is 1. The lowest BCUT2D eigenvalue weighted by molar-refractivity contribution is -0.136. The van der Waals surface area contributed by atoms with Gasteiger partial charge in [-0.15, -0.1) is 0 Å². The lowest BCUT2D eigenvalue weighted by atomic mass is 10.2. The summed E-state index contributed by atoms with van der Waals surface area (Å²) in [7, 11) is 0. The molecule has 80 valence electrons. The van der Waals surface area contributed by atoms with Crippen molar-refractivity contribution in [2.75, 3.05) is 0 Å². The van der Waals surface area contributed by atoms with E-state index in [-0.39, 0.29) is 5.97 Å². The second-order valence-electron chi connectivity index (χ2n) is 3.37. The van der Waals surface area contributed by atoms with Crippen LogP contribution in [0.3, 0.4) is 0 Å². The van der Waals surface area contributed by atoms with E-state index in [0.29, 0.717) is 11.3 Å². The number of hydrogen-bond acceptors (Lipinski definition) is 5. The van der Waals surface area contributed by atoms with Crippen molar-refractivity contribution in [3.05, 3.63) is 34.1 Å². The average Bonchev–Trinajstić information content (AvgIpc) is 2.82. The molecule has 16 heavy (non-hydrogen) atoms. The summed E-state index contributed by atoms with van der Waals surface area (Å²) >= 11 is 3.20. The van der Waals surface area contributed by atoms with Crippen LogP contribution in [-0.2, 0) is 9.63 Å². The van der Waals surface area contributed by atoms with Gasteiger partial charge in [0.15, 0.2) is 0 Å². The molecule has 2 aliphatic rings. The molecule has 2 aliphatic heterocycles. The highest BCUT2D eigenvalue weighted by Crippen LogP contribution is 2.52. The first kappa shape index (κ1) is 9.99. The van der Waals surface area contributed by atoms with Crippen LogP contribution in [-0.4, -0.2) is 11.7 Å². The lowest BCUT2D eigenvalue weighted by Crippen LogP contribution is -2.03. The zero-order valence-electron chi connectivity index (χ0n) is 8.39. The summed E-state index contributed by atoms with van der Waals surface area (Å²) in [6.45, 7) is 1.79. The van der Waals surface area contributed by atoms with E-state index < -0.39 is 0 Å². The van der Waals surface area contributed by atoms with Gasteiger partial charge in [0.1, 0.15) is 5.57 Å². The zero-order valence-corrected chi connectivity index (χ0v) is 10.0. The minimum absolute atomic E-state index is 0.347. The lowest BCUT2D eigenvalue weighted by Gasteiger charge is -1.97. The molecule has 0 aliphatic carbocycles. The van der Waals surface area contributed by atoms with Gasteiger partial charge in [0.25, 0.3) is 0 Å². The highest BCUT2D eigenvalue weighted by atomic mass is 32.2. The fraction of sp³-hybridized carbons (Fsp3) is 0.0909. The van der Waals surface area contributed by atoms with E-state index in [4.69, 9.17) is 0 Å². The third kappa shape index (κ3) is 1.47. The van der Waals surface area contributed by atoms with Crippen molar-refractivity contribution in [2.45, 2.75) is 16.7 Å². The van der Waals surface area contributed by atoms with Gasteiger partial charge in [-0.25, -0.2) is 4.79 Å². The number of rotatable bonds is 0. The Labute approximate surface area is 101 Å². The summed E-state index contributed by atoms with van der Waals surface area (Å²) in [6, 6.07) is 8.09. The van der Waals surface area contributed by atoms with Crippen molar-refractivity contribution in [1.29, 1.82) is 0 Å². The minimum atomic E-state index is -0.347. The van der Waals surface area contributed by atoms with Gasteiger partial charge < -0.3 is 4.84 Å². The molecule has 0 fully saturated rings.